The van der Waals surface area contributed by atoms with Crippen LogP contribution in [0, 0.1) is 5.92 Å². The summed E-state index contributed by atoms with van der Waals surface area (Å²) in [4.78, 5) is 9.88. The van der Waals surface area contributed by atoms with E-state index in [9.17, 15) is 0 Å². The maximum absolute atomic E-state index is 4.99. The molecule has 2 atom stereocenters. The van der Waals surface area contributed by atoms with E-state index in [2.05, 4.69) is 59.4 Å². The van der Waals surface area contributed by atoms with Gasteiger partial charge in [-0.2, -0.15) is 0 Å². The predicted molar refractivity (Wildman–Crippen MR) is 117 cm³/mol. The summed E-state index contributed by atoms with van der Waals surface area (Å²) in [6.07, 6.45) is 3.85. The first-order chi connectivity index (χ1) is 11.8. The molecule has 3 rings (SSSR count). The largest absolute Gasteiger partial charge is 0.357 e. The number of hydrogen-bond acceptors (Lipinski definition) is 2. The van der Waals surface area contributed by atoms with Crippen molar-refractivity contribution >= 4 is 29.9 Å². The van der Waals surface area contributed by atoms with Crippen molar-refractivity contribution in [1.29, 1.82) is 0 Å². The molecule has 0 aromatic heterocycles. The summed E-state index contributed by atoms with van der Waals surface area (Å²) in [7, 11) is 2.23. The van der Waals surface area contributed by atoms with Gasteiger partial charge in [0.15, 0.2) is 5.96 Å². The zero-order valence-electron chi connectivity index (χ0n) is 15.7. The third kappa shape index (κ3) is 5.84. The van der Waals surface area contributed by atoms with Crippen molar-refractivity contribution in [3.8, 4) is 0 Å². The van der Waals surface area contributed by atoms with Crippen LogP contribution in [0.4, 0.5) is 0 Å². The SMILES string of the molecule is CCNC(=NCC1CCCN(C)C1)N1CCC(c2ccccc2)C1.I. The fraction of sp³-hybridized carbons (Fsp3) is 0.650. The van der Waals surface area contributed by atoms with Crippen molar-refractivity contribution in [3.05, 3.63) is 35.9 Å². The van der Waals surface area contributed by atoms with Crippen LogP contribution in [0.5, 0.6) is 0 Å². The van der Waals surface area contributed by atoms with E-state index in [0.717, 1.165) is 32.1 Å². The molecule has 2 fully saturated rings. The average molecular weight is 456 g/mol. The lowest BCUT2D eigenvalue weighted by atomic mass is 9.99. The maximum Gasteiger partial charge on any atom is 0.193 e. The molecule has 1 aromatic carbocycles. The van der Waals surface area contributed by atoms with Crippen LogP contribution in [0.2, 0.25) is 0 Å². The van der Waals surface area contributed by atoms with Gasteiger partial charge in [0.2, 0.25) is 0 Å². The van der Waals surface area contributed by atoms with Gasteiger partial charge < -0.3 is 15.1 Å². The Morgan fingerprint density at radius 3 is 2.68 bits per heavy atom. The molecule has 25 heavy (non-hydrogen) atoms. The Labute approximate surface area is 170 Å². The molecule has 0 radical (unpaired) electrons. The Balaban J connectivity index is 0.00000225. The molecular formula is C20H33IN4. The van der Waals surface area contributed by atoms with E-state index in [0.29, 0.717) is 11.8 Å². The summed E-state index contributed by atoms with van der Waals surface area (Å²) in [5, 5.41) is 3.51. The lowest BCUT2D eigenvalue weighted by molar-refractivity contribution is 0.214. The smallest absolute Gasteiger partial charge is 0.193 e. The zero-order valence-corrected chi connectivity index (χ0v) is 18.0. The number of hydrogen-bond donors (Lipinski definition) is 1. The Hall–Kier alpha value is -0.820. The van der Waals surface area contributed by atoms with Gasteiger partial charge in [-0.05, 0) is 51.3 Å². The molecule has 140 valence electrons. The van der Waals surface area contributed by atoms with Crippen molar-refractivity contribution in [2.75, 3.05) is 46.3 Å². The Morgan fingerprint density at radius 1 is 1.16 bits per heavy atom. The minimum absolute atomic E-state index is 0. The molecule has 5 heteroatoms. The van der Waals surface area contributed by atoms with Crippen LogP contribution in [0.25, 0.3) is 0 Å². The molecule has 2 heterocycles. The minimum atomic E-state index is 0. The van der Waals surface area contributed by atoms with E-state index in [1.807, 2.05) is 0 Å². The van der Waals surface area contributed by atoms with Gasteiger partial charge in [-0.25, -0.2) is 0 Å². The summed E-state index contributed by atoms with van der Waals surface area (Å²) >= 11 is 0. The molecule has 0 spiro atoms. The first-order valence-electron chi connectivity index (χ1n) is 9.53. The van der Waals surface area contributed by atoms with Gasteiger partial charge in [-0.1, -0.05) is 30.3 Å². The van der Waals surface area contributed by atoms with Gasteiger partial charge in [0.25, 0.3) is 0 Å². The molecule has 2 aliphatic rings. The topological polar surface area (TPSA) is 30.9 Å². The summed E-state index contributed by atoms with van der Waals surface area (Å²) in [5.41, 5.74) is 1.46. The van der Waals surface area contributed by atoms with Gasteiger partial charge in [-0.3, -0.25) is 4.99 Å². The molecule has 2 unspecified atom stereocenters. The van der Waals surface area contributed by atoms with E-state index in [1.165, 1.54) is 37.9 Å². The molecule has 0 bridgehead atoms. The number of aliphatic imine (C=N–C) groups is 1. The van der Waals surface area contributed by atoms with E-state index >= 15 is 0 Å². The Morgan fingerprint density at radius 2 is 1.96 bits per heavy atom. The first kappa shape index (κ1) is 20.5. The third-order valence-electron chi connectivity index (χ3n) is 5.31. The number of likely N-dealkylation sites (tertiary alicyclic amines) is 2. The average Bonchev–Trinajstić information content (AvgIpc) is 3.09. The number of halogens is 1. The number of rotatable bonds is 4. The molecule has 4 nitrogen and oxygen atoms in total. The van der Waals surface area contributed by atoms with Gasteiger partial charge in [0.05, 0.1) is 0 Å². The van der Waals surface area contributed by atoms with E-state index in [-0.39, 0.29) is 24.0 Å². The second-order valence-electron chi connectivity index (χ2n) is 7.31. The van der Waals surface area contributed by atoms with Crippen LogP contribution in [-0.2, 0) is 0 Å². The third-order valence-corrected chi connectivity index (χ3v) is 5.31. The number of benzene rings is 1. The standard InChI is InChI=1S/C20H32N4.HI/c1-3-21-20(22-14-17-8-7-12-23(2)15-17)24-13-11-19(16-24)18-9-5-4-6-10-18;/h4-6,9-10,17,19H,3,7-8,11-16H2,1-2H3,(H,21,22);1H. The van der Waals surface area contributed by atoms with Crippen LogP contribution in [0.15, 0.2) is 35.3 Å². The van der Waals surface area contributed by atoms with Crippen molar-refractivity contribution < 1.29 is 0 Å². The molecule has 1 N–H and O–H groups in total. The van der Waals surface area contributed by atoms with Crippen LogP contribution in [-0.4, -0.2) is 62.1 Å². The molecule has 2 saturated heterocycles. The van der Waals surface area contributed by atoms with E-state index in [1.54, 1.807) is 0 Å². The number of guanidine groups is 1. The lowest BCUT2D eigenvalue weighted by Gasteiger charge is -2.29. The molecule has 0 amide bonds. The van der Waals surface area contributed by atoms with Crippen molar-refractivity contribution in [3.63, 3.8) is 0 Å². The number of nitrogens with one attached hydrogen (secondary N) is 1. The molecule has 0 saturated carbocycles. The van der Waals surface area contributed by atoms with Crippen LogP contribution >= 0.6 is 24.0 Å². The molecule has 1 aromatic rings. The highest BCUT2D eigenvalue weighted by Crippen LogP contribution is 2.27. The normalized spacial score (nSPS) is 24.9. The molecule has 2 aliphatic heterocycles. The Kier molecular flexibility index (Phi) is 8.49. The summed E-state index contributed by atoms with van der Waals surface area (Å²) in [6.45, 7) is 8.68. The zero-order chi connectivity index (χ0) is 16.8. The van der Waals surface area contributed by atoms with Crippen molar-refractivity contribution in [2.24, 2.45) is 10.9 Å². The van der Waals surface area contributed by atoms with E-state index < -0.39 is 0 Å². The number of piperidine rings is 1. The van der Waals surface area contributed by atoms with Gasteiger partial charge in [0.1, 0.15) is 0 Å². The minimum Gasteiger partial charge on any atom is -0.357 e. The molecular weight excluding hydrogens is 423 g/mol. The van der Waals surface area contributed by atoms with Gasteiger partial charge >= 0.3 is 0 Å². The quantitative estimate of drug-likeness (QED) is 0.428. The first-order valence-corrected chi connectivity index (χ1v) is 9.53. The van der Waals surface area contributed by atoms with Crippen LogP contribution in [0.1, 0.15) is 37.7 Å². The summed E-state index contributed by atoms with van der Waals surface area (Å²) in [6, 6.07) is 10.9. The monoisotopic (exact) mass is 456 g/mol. The van der Waals surface area contributed by atoms with E-state index in [4.69, 9.17) is 4.99 Å². The lowest BCUT2D eigenvalue weighted by Crippen LogP contribution is -2.41. The Bertz CT molecular complexity index is 534. The predicted octanol–water partition coefficient (Wildman–Crippen LogP) is 3.40. The highest BCUT2D eigenvalue weighted by molar-refractivity contribution is 14.0. The maximum atomic E-state index is 4.99. The van der Waals surface area contributed by atoms with Gasteiger partial charge in [0, 0.05) is 38.6 Å². The van der Waals surface area contributed by atoms with Crippen LogP contribution in [0.3, 0.4) is 0 Å². The summed E-state index contributed by atoms with van der Waals surface area (Å²) < 4.78 is 0. The second kappa shape index (κ2) is 10.4. The fourth-order valence-electron chi connectivity index (χ4n) is 4.01. The van der Waals surface area contributed by atoms with Crippen molar-refractivity contribution in [1.82, 2.24) is 15.1 Å². The highest BCUT2D eigenvalue weighted by Gasteiger charge is 2.26. The second-order valence-corrected chi connectivity index (χ2v) is 7.31. The van der Waals surface area contributed by atoms with Crippen LogP contribution < -0.4 is 5.32 Å². The summed E-state index contributed by atoms with van der Waals surface area (Å²) in [5.74, 6) is 2.46. The highest BCUT2D eigenvalue weighted by atomic mass is 127. The molecule has 0 aliphatic carbocycles. The number of nitrogens with zero attached hydrogens (tertiary/aromatic N) is 3. The van der Waals surface area contributed by atoms with Gasteiger partial charge in [-0.15, -0.1) is 24.0 Å². The fourth-order valence-corrected chi connectivity index (χ4v) is 4.01. The van der Waals surface area contributed by atoms with Crippen molar-refractivity contribution in [2.45, 2.75) is 32.1 Å².